The molecule has 3 heterocycles. The Morgan fingerprint density at radius 2 is 1.76 bits per heavy atom. The summed E-state index contributed by atoms with van der Waals surface area (Å²) < 4.78 is 0.917. The normalized spacial score (nSPS) is 19.2. The third kappa shape index (κ3) is 2.67. The van der Waals surface area contributed by atoms with Crippen molar-refractivity contribution in [2.75, 3.05) is 0 Å². The number of nitrogens with one attached hydrogen (secondary N) is 3. The van der Waals surface area contributed by atoms with E-state index in [-0.39, 0.29) is 11.8 Å². The summed E-state index contributed by atoms with van der Waals surface area (Å²) in [6.07, 6.45) is 4.23. The standard InChI is InChI=1S/C23H18BrN3O2/c1-2-6-17-18(13-8-5-9-15(24)21(13)26-17)20-19(22(28)27-23(20)29)14-11-25-16-10-4-3-7-12(14)16/h2-5,7-11,19-20,25-26H,1,6H2,(H,27,28,29). The summed E-state index contributed by atoms with van der Waals surface area (Å²) in [6.45, 7) is 3.86. The summed E-state index contributed by atoms with van der Waals surface area (Å²) >= 11 is 3.59. The molecule has 6 heteroatoms. The lowest BCUT2D eigenvalue weighted by Gasteiger charge is -2.17. The zero-order chi connectivity index (χ0) is 20.1. The Bertz CT molecular complexity index is 1300. The molecule has 2 amide bonds. The molecule has 2 aromatic heterocycles. The smallest absolute Gasteiger partial charge is 0.235 e. The van der Waals surface area contributed by atoms with Crippen LogP contribution in [0.1, 0.15) is 28.7 Å². The molecule has 5 nitrogen and oxygen atoms in total. The molecular formula is C23H18BrN3O2. The van der Waals surface area contributed by atoms with Gasteiger partial charge in [0.2, 0.25) is 11.8 Å². The third-order valence-electron chi connectivity index (χ3n) is 5.67. The van der Waals surface area contributed by atoms with Gasteiger partial charge in [0.25, 0.3) is 0 Å². The lowest BCUT2D eigenvalue weighted by atomic mass is 9.81. The van der Waals surface area contributed by atoms with Gasteiger partial charge in [-0.05, 0) is 39.2 Å². The maximum atomic E-state index is 13.0. The van der Waals surface area contributed by atoms with Gasteiger partial charge in [-0.2, -0.15) is 0 Å². The summed E-state index contributed by atoms with van der Waals surface area (Å²) in [4.78, 5) is 32.6. The van der Waals surface area contributed by atoms with Crippen LogP contribution >= 0.6 is 15.9 Å². The molecule has 29 heavy (non-hydrogen) atoms. The number of halogens is 1. The zero-order valence-electron chi connectivity index (χ0n) is 15.5. The molecule has 0 radical (unpaired) electrons. The van der Waals surface area contributed by atoms with Crippen LogP contribution in [0.4, 0.5) is 0 Å². The van der Waals surface area contributed by atoms with E-state index in [0.717, 1.165) is 43.1 Å². The number of aromatic amines is 2. The number of carbonyl (C=O) groups is 2. The lowest BCUT2D eigenvalue weighted by molar-refractivity contribution is -0.125. The van der Waals surface area contributed by atoms with Crippen LogP contribution in [0.5, 0.6) is 0 Å². The second-order valence-electron chi connectivity index (χ2n) is 7.27. The van der Waals surface area contributed by atoms with Gasteiger partial charge in [-0.25, -0.2) is 0 Å². The number of imide groups is 1. The van der Waals surface area contributed by atoms with Crippen molar-refractivity contribution >= 4 is 49.6 Å². The van der Waals surface area contributed by atoms with Crippen LogP contribution in [-0.2, 0) is 16.0 Å². The number of allylic oxidation sites excluding steroid dienone is 1. The molecule has 0 aliphatic carbocycles. The molecular weight excluding hydrogens is 430 g/mol. The fraction of sp³-hybridized carbons (Fsp3) is 0.130. The third-order valence-corrected chi connectivity index (χ3v) is 6.33. The van der Waals surface area contributed by atoms with Crippen molar-refractivity contribution in [1.82, 2.24) is 15.3 Å². The number of H-pyrrole nitrogens is 2. The number of hydrogen-bond donors (Lipinski definition) is 3. The molecule has 1 aliphatic rings. The Morgan fingerprint density at radius 3 is 2.59 bits per heavy atom. The first-order valence-corrected chi connectivity index (χ1v) is 10.2. The molecule has 5 rings (SSSR count). The fourth-order valence-corrected chi connectivity index (χ4v) is 4.93. The minimum Gasteiger partial charge on any atom is -0.361 e. The van der Waals surface area contributed by atoms with E-state index in [4.69, 9.17) is 0 Å². The molecule has 0 bridgehead atoms. The van der Waals surface area contributed by atoms with Crippen molar-refractivity contribution in [2.24, 2.45) is 0 Å². The van der Waals surface area contributed by atoms with Crippen molar-refractivity contribution < 1.29 is 9.59 Å². The van der Waals surface area contributed by atoms with E-state index in [1.54, 1.807) is 6.08 Å². The molecule has 144 valence electrons. The number of benzene rings is 2. The highest BCUT2D eigenvalue weighted by atomic mass is 79.9. The Hall–Kier alpha value is -3.12. The average molecular weight is 448 g/mol. The first-order valence-electron chi connectivity index (χ1n) is 9.40. The van der Waals surface area contributed by atoms with E-state index in [2.05, 4.69) is 37.8 Å². The van der Waals surface area contributed by atoms with E-state index in [1.807, 2.05) is 48.7 Å². The van der Waals surface area contributed by atoms with E-state index in [1.165, 1.54) is 0 Å². The van der Waals surface area contributed by atoms with Gasteiger partial charge in [0.1, 0.15) is 0 Å². The van der Waals surface area contributed by atoms with Gasteiger partial charge in [0.05, 0.1) is 17.4 Å². The van der Waals surface area contributed by atoms with Gasteiger partial charge in [-0.3, -0.25) is 14.9 Å². The minimum atomic E-state index is -0.611. The van der Waals surface area contributed by atoms with E-state index in [9.17, 15) is 9.59 Å². The second-order valence-corrected chi connectivity index (χ2v) is 8.13. The van der Waals surface area contributed by atoms with Crippen LogP contribution in [0.15, 0.2) is 65.8 Å². The van der Waals surface area contributed by atoms with Crippen LogP contribution in [0.3, 0.4) is 0 Å². The van der Waals surface area contributed by atoms with Crippen LogP contribution in [0, 0.1) is 0 Å². The quantitative estimate of drug-likeness (QED) is 0.314. The van der Waals surface area contributed by atoms with Crippen LogP contribution < -0.4 is 5.32 Å². The molecule has 1 fully saturated rings. The maximum absolute atomic E-state index is 13.0. The van der Waals surface area contributed by atoms with Gasteiger partial charge in [-0.15, -0.1) is 6.58 Å². The predicted octanol–water partition coefficient (Wildman–Crippen LogP) is 4.66. The number of carbonyl (C=O) groups excluding carboxylic acids is 2. The van der Waals surface area contributed by atoms with Gasteiger partial charge >= 0.3 is 0 Å². The van der Waals surface area contributed by atoms with E-state index >= 15 is 0 Å². The molecule has 2 aromatic carbocycles. The molecule has 3 N–H and O–H groups in total. The summed E-state index contributed by atoms with van der Waals surface area (Å²) in [5.41, 5.74) is 4.47. The summed E-state index contributed by atoms with van der Waals surface area (Å²) in [5.74, 6) is -1.74. The molecule has 1 saturated heterocycles. The summed E-state index contributed by atoms with van der Waals surface area (Å²) in [7, 11) is 0. The van der Waals surface area contributed by atoms with Crippen molar-refractivity contribution in [1.29, 1.82) is 0 Å². The molecule has 2 unspecified atom stereocenters. The van der Waals surface area contributed by atoms with Crippen molar-refractivity contribution in [2.45, 2.75) is 18.3 Å². The van der Waals surface area contributed by atoms with E-state index < -0.39 is 11.8 Å². The average Bonchev–Trinajstić information content (AvgIpc) is 3.36. The SMILES string of the molecule is C=CCc1[nH]c2c(Br)cccc2c1C1C(=O)NC(=O)C1c1c[nH]c2ccccc12. The topological polar surface area (TPSA) is 77.8 Å². The van der Waals surface area contributed by atoms with Gasteiger partial charge < -0.3 is 9.97 Å². The van der Waals surface area contributed by atoms with E-state index in [0.29, 0.717) is 6.42 Å². The Morgan fingerprint density at radius 1 is 1.00 bits per heavy atom. The fourth-order valence-electron chi connectivity index (χ4n) is 4.47. The second kappa shape index (κ2) is 6.74. The molecule has 1 aliphatic heterocycles. The number of amides is 2. The number of para-hydroxylation sites is 2. The Labute approximate surface area is 175 Å². The van der Waals surface area contributed by atoms with Crippen LogP contribution in [-0.4, -0.2) is 21.8 Å². The number of hydrogen-bond acceptors (Lipinski definition) is 2. The Balaban J connectivity index is 1.77. The number of rotatable bonds is 4. The summed E-state index contributed by atoms with van der Waals surface area (Å²) in [6, 6.07) is 13.7. The highest BCUT2D eigenvalue weighted by Crippen LogP contribution is 2.45. The number of aromatic nitrogens is 2. The largest absolute Gasteiger partial charge is 0.361 e. The molecule has 2 atom stereocenters. The molecule has 0 saturated carbocycles. The highest BCUT2D eigenvalue weighted by molar-refractivity contribution is 9.10. The minimum absolute atomic E-state index is 0.265. The highest BCUT2D eigenvalue weighted by Gasteiger charge is 2.46. The Kier molecular flexibility index (Phi) is 4.17. The first kappa shape index (κ1) is 17.9. The molecule has 0 spiro atoms. The zero-order valence-corrected chi connectivity index (χ0v) is 17.0. The maximum Gasteiger partial charge on any atom is 0.235 e. The first-order chi connectivity index (χ1) is 14.1. The number of fused-ring (bicyclic) bond motifs is 2. The predicted molar refractivity (Wildman–Crippen MR) is 117 cm³/mol. The monoisotopic (exact) mass is 447 g/mol. The van der Waals surface area contributed by atoms with Crippen LogP contribution in [0.2, 0.25) is 0 Å². The van der Waals surface area contributed by atoms with Gasteiger partial charge in [0.15, 0.2) is 0 Å². The van der Waals surface area contributed by atoms with Gasteiger partial charge in [0, 0.05) is 39.1 Å². The van der Waals surface area contributed by atoms with Crippen molar-refractivity contribution in [3.05, 3.63) is 82.6 Å². The summed E-state index contributed by atoms with van der Waals surface area (Å²) in [5, 5.41) is 4.46. The van der Waals surface area contributed by atoms with Gasteiger partial charge in [-0.1, -0.05) is 36.4 Å². The van der Waals surface area contributed by atoms with Crippen molar-refractivity contribution in [3.8, 4) is 0 Å². The lowest BCUT2D eigenvalue weighted by Crippen LogP contribution is -2.22. The van der Waals surface area contributed by atoms with Crippen LogP contribution in [0.25, 0.3) is 21.8 Å². The van der Waals surface area contributed by atoms with Crippen molar-refractivity contribution in [3.63, 3.8) is 0 Å². The molecule has 4 aromatic rings.